The van der Waals surface area contributed by atoms with Crippen molar-refractivity contribution in [1.29, 1.82) is 0 Å². The molecule has 1 aromatic rings. The van der Waals surface area contributed by atoms with Crippen molar-refractivity contribution in [1.82, 2.24) is 0 Å². The van der Waals surface area contributed by atoms with Gasteiger partial charge < -0.3 is 20.4 Å². The zero-order chi connectivity index (χ0) is 12.0. The van der Waals surface area contributed by atoms with E-state index in [1.54, 1.807) is 0 Å². The lowest BCUT2D eigenvalue weighted by Gasteiger charge is -2.15. The predicted octanol–water partition coefficient (Wildman–Crippen LogP) is 0.804. The molecule has 0 amide bonds. The maximum atomic E-state index is 11.4. The van der Waals surface area contributed by atoms with E-state index >= 15 is 0 Å². The largest absolute Gasteiger partial charge is 0.508 e. The van der Waals surface area contributed by atoms with Gasteiger partial charge in [0, 0.05) is 11.6 Å². The van der Waals surface area contributed by atoms with Gasteiger partial charge in [-0.05, 0) is 6.07 Å². The Hall–Kier alpha value is -2.50. The fourth-order valence-electron chi connectivity index (χ4n) is 1.49. The lowest BCUT2D eigenvalue weighted by molar-refractivity contribution is 0.0878. The SMILES string of the molecule is O=C1C(O)=C(O)C(=O)c2c(O)cc(O)cc21. The molecular weight excluding hydrogens is 216 g/mol. The molecule has 0 unspecified atom stereocenters. The number of fused-ring (bicyclic) bond motifs is 1. The number of carbonyl (C=O) groups excluding carboxylic acids is 2. The molecule has 0 saturated carbocycles. The number of phenols is 2. The quantitative estimate of drug-likeness (QED) is 0.516. The average Bonchev–Trinajstić information content (AvgIpc) is 2.22. The molecule has 6 nitrogen and oxygen atoms in total. The van der Waals surface area contributed by atoms with Gasteiger partial charge in [-0.1, -0.05) is 0 Å². The number of ketones is 2. The van der Waals surface area contributed by atoms with Gasteiger partial charge in [0.15, 0.2) is 0 Å². The van der Waals surface area contributed by atoms with Crippen LogP contribution in [0.4, 0.5) is 0 Å². The van der Waals surface area contributed by atoms with Crippen LogP contribution in [0.3, 0.4) is 0 Å². The highest BCUT2D eigenvalue weighted by molar-refractivity contribution is 6.26. The molecule has 0 bridgehead atoms. The first-order chi connectivity index (χ1) is 7.43. The van der Waals surface area contributed by atoms with Gasteiger partial charge in [-0.25, -0.2) is 0 Å². The molecule has 16 heavy (non-hydrogen) atoms. The van der Waals surface area contributed by atoms with Gasteiger partial charge in [-0.2, -0.15) is 0 Å². The van der Waals surface area contributed by atoms with Gasteiger partial charge >= 0.3 is 0 Å². The number of carbonyl (C=O) groups is 2. The van der Waals surface area contributed by atoms with E-state index in [-0.39, 0.29) is 5.56 Å². The molecule has 0 radical (unpaired) electrons. The number of aromatic hydroxyl groups is 2. The molecule has 1 aromatic carbocycles. The molecule has 0 saturated heterocycles. The lowest BCUT2D eigenvalue weighted by Crippen LogP contribution is -2.21. The Morgan fingerprint density at radius 3 is 2.00 bits per heavy atom. The van der Waals surface area contributed by atoms with Crippen LogP contribution in [0.2, 0.25) is 0 Å². The van der Waals surface area contributed by atoms with Crippen molar-refractivity contribution in [3.8, 4) is 11.5 Å². The van der Waals surface area contributed by atoms with Crippen molar-refractivity contribution in [2.24, 2.45) is 0 Å². The fraction of sp³-hybridized carbons (Fsp3) is 0. The van der Waals surface area contributed by atoms with E-state index in [2.05, 4.69) is 0 Å². The molecule has 0 spiro atoms. The molecule has 0 aromatic heterocycles. The molecule has 0 aliphatic heterocycles. The molecule has 1 aliphatic rings. The molecule has 2 rings (SSSR count). The van der Waals surface area contributed by atoms with Crippen molar-refractivity contribution < 1.29 is 30.0 Å². The Morgan fingerprint density at radius 1 is 0.812 bits per heavy atom. The number of rotatable bonds is 0. The Balaban J connectivity index is 2.81. The third-order valence-corrected chi connectivity index (χ3v) is 2.23. The number of phenolic OH excluding ortho intramolecular Hbond substituents is 2. The topological polar surface area (TPSA) is 115 Å². The van der Waals surface area contributed by atoms with E-state index in [1.807, 2.05) is 0 Å². The molecule has 0 heterocycles. The molecular formula is C10H6O6. The number of benzene rings is 1. The van der Waals surface area contributed by atoms with E-state index in [1.165, 1.54) is 0 Å². The maximum absolute atomic E-state index is 11.4. The fourth-order valence-corrected chi connectivity index (χ4v) is 1.49. The molecule has 1 aliphatic carbocycles. The van der Waals surface area contributed by atoms with Crippen LogP contribution in [-0.2, 0) is 0 Å². The Morgan fingerprint density at radius 2 is 1.38 bits per heavy atom. The van der Waals surface area contributed by atoms with E-state index in [4.69, 9.17) is 15.3 Å². The van der Waals surface area contributed by atoms with Crippen molar-refractivity contribution in [3.63, 3.8) is 0 Å². The van der Waals surface area contributed by atoms with Crippen LogP contribution < -0.4 is 0 Å². The Labute approximate surface area is 88.7 Å². The monoisotopic (exact) mass is 222 g/mol. The van der Waals surface area contributed by atoms with E-state index in [0.717, 1.165) is 12.1 Å². The average molecular weight is 222 g/mol. The summed E-state index contributed by atoms with van der Waals surface area (Å²) >= 11 is 0. The number of Topliss-reactive ketones (excluding diaryl/α,β-unsaturated/α-hetero) is 2. The first-order valence-corrected chi connectivity index (χ1v) is 4.21. The number of hydrogen-bond acceptors (Lipinski definition) is 6. The summed E-state index contributed by atoms with van der Waals surface area (Å²) in [6.45, 7) is 0. The van der Waals surface area contributed by atoms with Crippen LogP contribution >= 0.6 is 0 Å². The summed E-state index contributed by atoms with van der Waals surface area (Å²) in [5, 5.41) is 36.8. The van der Waals surface area contributed by atoms with E-state index in [0.29, 0.717) is 0 Å². The number of aliphatic hydroxyl groups excluding tert-OH is 2. The number of allylic oxidation sites excluding steroid dienone is 2. The molecule has 4 N–H and O–H groups in total. The molecule has 0 atom stereocenters. The van der Waals surface area contributed by atoms with Crippen LogP contribution in [0.5, 0.6) is 11.5 Å². The minimum absolute atomic E-state index is 0.349. The summed E-state index contributed by atoms with van der Waals surface area (Å²) in [5.41, 5.74) is -0.782. The Kier molecular flexibility index (Phi) is 1.88. The third-order valence-electron chi connectivity index (χ3n) is 2.23. The minimum atomic E-state index is -1.11. The first kappa shape index (κ1) is 10.0. The summed E-state index contributed by atoms with van der Waals surface area (Å²) in [5.74, 6) is -5.36. The van der Waals surface area contributed by atoms with Crippen LogP contribution in [0.15, 0.2) is 23.7 Å². The van der Waals surface area contributed by atoms with Crippen molar-refractivity contribution in [3.05, 3.63) is 34.8 Å². The highest BCUT2D eigenvalue weighted by Crippen LogP contribution is 2.33. The summed E-state index contributed by atoms with van der Waals surface area (Å²) < 4.78 is 0. The van der Waals surface area contributed by atoms with Crippen molar-refractivity contribution in [2.45, 2.75) is 0 Å². The molecule has 82 valence electrons. The van der Waals surface area contributed by atoms with Gasteiger partial charge in [0.25, 0.3) is 0 Å². The smallest absolute Gasteiger partial charge is 0.235 e. The number of hydrogen-bond donors (Lipinski definition) is 4. The summed E-state index contributed by atoms with van der Waals surface area (Å²) in [6, 6.07) is 1.79. The zero-order valence-electron chi connectivity index (χ0n) is 7.76. The zero-order valence-corrected chi connectivity index (χ0v) is 7.76. The lowest BCUT2D eigenvalue weighted by atomic mass is 9.91. The number of aliphatic hydroxyl groups is 2. The Bertz CT molecular complexity index is 555. The highest BCUT2D eigenvalue weighted by atomic mass is 16.3. The predicted molar refractivity (Wildman–Crippen MR) is 50.7 cm³/mol. The van der Waals surface area contributed by atoms with Gasteiger partial charge in [0.1, 0.15) is 11.5 Å². The van der Waals surface area contributed by atoms with Gasteiger partial charge in [-0.3, -0.25) is 9.59 Å². The molecule has 6 heteroatoms. The van der Waals surface area contributed by atoms with Crippen LogP contribution in [0.25, 0.3) is 0 Å². The van der Waals surface area contributed by atoms with E-state index < -0.39 is 40.1 Å². The second kappa shape index (κ2) is 2.99. The maximum Gasteiger partial charge on any atom is 0.235 e. The van der Waals surface area contributed by atoms with Gasteiger partial charge in [0.2, 0.25) is 23.1 Å². The third kappa shape index (κ3) is 1.13. The highest BCUT2D eigenvalue weighted by Gasteiger charge is 2.35. The van der Waals surface area contributed by atoms with Gasteiger partial charge in [-0.15, -0.1) is 0 Å². The standard InChI is InChI=1S/C10H6O6/c11-3-1-4-6(5(12)2-3)8(14)10(16)9(15)7(4)13/h1-2,11-12,15-16H. The molecule has 0 fully saturated rings. The van der Waals surface area contributed by atoms with Gasteiger partial charge in [0.05, 0.1) is 5.56 Å². The second-order valence-electron chi connectivity index (χ2n) is 3.24. The first-order valence-electron chi connectivity index (χ1n) is 4.21. The van der Waals surface area contributed by atoms with Crippen molar-refractivity contribution in [2.75, 3.05) is 0 Å². The summed E-state index contributed by atoms with van der Waals surface area (Å²) in [6.07, 6.45) is 0. The summed E-state index contributed by atoms with van der Waals surface area (Å²) in [7, 11) is 0. The second-order valence-corrected chi connectivity index (χ2v) is 3.24. The van der Waals surface area contributed by atoms with Crippen molar-refractivity contribution >= 4 is 11.6 Å². The van der Waals surface area contributed by atoms with Crippen LogP contribution in [0, 0.1) is 0 Å². The van der Waals surface area contributed by atoms with Crippen LogP contribution in [0.1, 0.15) is 20.7 Å². The van der Waals surface area contributed by atoms with Crippen LogP contribution in [-0.4, -0.2) is 32.0 Å². The summed E-state index contributed by atoms with van der Waals surface area (Å²) in [4.78, 5) is 22.9. The normalized spacial score (nSPS) is 15.2. The minimum Gasteiger partial charge on any atom is -0.508 e. The van der Waals surface area contributed by atoms with E-state index in [9.17, 15) is 14.7 Å².